The number of carbonyl (C=O) groups is 1. The van der Waals surface area contributed by atoms with Crippen molar-refractivity contribution < 1.29 is 9.53 Å². The molecule has 0 aliphatic carbocycles. The number of piperidine rings is 3. The minimum Gasteiger partial charge on any atom is -0.497 e. The second kappa shape index (κ2) is 7.48. The van der Waals surface area contributed by atoms with E-state index in [2.05, 4.69) is 27.0 Å². The summed E-state index contributed by atoms with van der Waals surface area (Å²) in [7, 11) is 3.62. The van der Waals surface area contributed by atoms with Gasteiger partial charge in [0.05, 0.1) is 19.3 Å². The van der Waals surface area contributed by atoms with Crippen LogP contribution in [0, 0.1) is 5.92 Å². The highest BCUT2D eigenvalue weighted by Gasteiger charge is 2.54. The van der Waals surface area contributed by atoms with E-state index < -0.39 is 0 Å². The number of aromatic nitrogens is 2. The topological polar surface area (TPSA) is 50.6 Å². The molecule has 3 atom stereocenters. The Balaban J connectivity index is 1.37. The summed E-state index contributed by atoms with van der Waals surface area (Å²) in [4.78, 5) is 18.2. The molecule has 6 heteroatoms. The number of hydrogen-bond donors (Lipinski definition) is 0. The van der Waals surface area contributed by atoms with E-state index >= 15 is 0 Å². The van der Waals surface area contributed by atoms with Crippen LogP contribution in [0.1, 0.15) is 36.3 Å². The number of hydrogen-bond acceptors (Lipinski definition) is 4. The van der Waals surface area contributed by atoms with Crippen LogP contribution in [0.25, 0.3) is 0 Å². The second-order valence-electron chi connectivity index (χ2n) is 8.80. The minimum atomic E-state index is 0.300. The van der Waals surface area contributed by atoms with Crippen LogP contribution < -0.4 is 4.74 Å². The van der Waals surface area contributed by atoms with Crippen molar-refractivity contribution in [2.45, 2.75) is 43.7 Å². The van der Waals surface area contributed by atoms with Gasteiger partial charge in [0.15, 0.2) is 0 Å². The fourth-order valence-corrected chi connectivity index (χ4v) is 5.84. The first-order chi connectivity index (χ1) is 14.1. The number of nitrogens with zero attached hydrogens (tertiary/aromatic N) is 4. The molecule has 4 saturated heterocycles. The summed E-state index contributed by atoms with van der Waals surface area (Å²) < 4.78 is 7.15. The van der Waals surface area contributed by atoms with E-state index in [1.165, 1.54) is 31.5 Å². The molecule has 6 rings (SSSR count). The predicted molar refractivity (Wildman–Crippen MR) is 111 cm³/mol. The smallest absolute Gasteiger partial charge is 0.223 e. The predicted octanol–water partition coefficient (Wildman–Crippen LogP) is 2.45. The lowest BCUT2D eigenvalue weighted by Crippen LogP contribution is -2.60. The highest BCUT2D eigenvalue weighted by Crippen LogP contribution is 2.46. The Kier molecular flexibility index (Phi) is 4.82. The summed E-state index contributed by atoms with van der Waals surface area (Å²) in [5.74, 6) is 2.22. The summed E-state index contributed by atoms with van der Waals surface area (Å²) in [5.41, 5.74) is 2.47. The van der Waals surface area contributed by atoms with Crippen LogP contribution in [0.5, 0.6) is 5.75 Å². The fraction of sp³-hybridized carbons (Fsp3) is 0.565. The number of fused-ring (bicyclic) bond motifs is 2. The Bertz CT molecular complexity index is 869. The Hall–Kier alpha value is -2.34. The number of aryl methyl sites for hydroxylation is 2. The molecule has 1 amide bonds. The molecule has 0 saturated carbocycles. The number of carbonyl (C=O) groups excluding carboxylic acids is 1. The van der Waals surface area contributed by atoms with Gasteiger partial charge in [0.25, 0.3) is 0 Å². The third-order valence-corrected chi connectivity index (χ3v) is 7.24. The van der Waals surface area contributed by atoms with Crippen LogP contribution in [0.4, 0.5) is 0 Å². The first kappa shape index (κ1) is 18.7. The van der Waals surface area contributed by atoms with Crippen molar-refractivity contribution in [1.82, 2.24) is 19.6 Å². The monoisotopic (exact) mass is 394 g/mol. The molecule has 1 aromatic heterocycles. The molecular formula is C23H30N4O2. The molecule has 6 nitrogen and oxygen atoms in total. The van der Waals surface area contributed by atoms with Crippen LogP contribution in [0.15, 0.2) is 36.7 Å². The normalized spacial score (nSPS) is 30.4. The number of amides is 1. The van der Waals surface area contributed by atoms with Crippen molar-refractivity contribution in [2.24, 2.45) is 13.0 Å². The summed E-state index contributed by atoms with van der Waals surface area (Å²) in [6, 6.07) is 9.30. The van der Waals surface area contributed by atoms with E-state index in [-0.39, 0.29) is 0 Å². The number of methoxy groups -OCH3 is 1. The first-order valence-electron chi connectivity index (χ1n) is 10.8. The maximum absolute atomic E-state index is 13.3. The Labute approximate surface area is 172 Å². The lowest BCUT2D eigenvalue weighted by Gasteiger charge is -2.51. The van der Waals surface area contributed by atoms with Crippen molar-refractivity contribution in [3.05, 3.63) is 47.8 Å². The van der Waals surface area contributed by atoms with Crippen LogP contribution >= 0.6 is 0 Å². The zero-order valence-corrected chi connectivity index (χ0v) is 17.3. The van der Waals surface area contributed by atoms with Crippen molar-refractivity contribution in [2.75, 3.05) is 26.7 Å². The second-order valence-corrected chi connectivity index (χ2v) is 8.80. The molecule has 0 N–H and O–H groups in total. The molecular weight excluding hydrogens is 364 g/mol. The SMILES string of the molecule is COc1ccc([C@@H]2CN(C(=O)CCc3cnn(C)c3)[C@@H]3C4CCN(CC4)[C@@H]32)cc1. The molecule has 2 aromatic rings. The standard InChI is InChI=1S/C23H30N4O2/c1-25-14-16(13-24-25)3-8-21(28)27-15-20(17-4-6-19(29-2)7-5-17)23-22(27)18-9-11-26(23)12-10-18/h4-7,13-14,18,20,22-23H,3,8-12,15H2,1-2H3/t20-,22+,23+/m0/s1. The molecule has 0 spiro atoms. The van der Waals surface area contributed by atoms with E-state index in [0.717, 1.165) is 24.3 Å². The highest BCUT2D eigenvalue weighted by molar-refractivity contribution is 5.77. The van der Waals surface area contributed by atoms with Gasteiger partial charge in [-0.1, -0.05) is 12.1 Å². The van der Waals surface area contributed by atoms with Gasteiger partial charge >= 0.3 is 0 Å². The molecule has 29 heavy (non-hydrogen) atoms. The molecule has 4 aliphatic rings. The lowest BCUT2D eigenvalue weighted by molar-refractivity contribution is -0.135. The third kappa shape index (κ3) is 3.33. The van der Waals surface area contributed by atoms with Gasteiger partial charge in [-0.2, -0.15) is 5.10 Å². The van der Waals surface area contributed by atoms with Crippen molar-refractivity contribution in [3.63, 3.8) is 0 Å². The van der Waals surface area contributed by atoms with Gasteiger partial charge in [-0.25, -0.2) is 0 Å². The van der Waals surface area contributed by atoms with Gasteiger partial charge in [-0.05, 0) is 61.5 Å². The largest absolute Gasteiger partial charge is 0.497 e. The molecule has 0 unspecified atom stereocenters. The van der Waals surface area contributed by atoms with Crippen LogP contribution in [0.3, 0.4) is 0 Å². The molecule has 5 heterocycles. The number of rotatable bonds is 5. The Morgan fingerprint density at radius 3 is 2.59 bits per heavy atom. The van der Waals surface area contributed by atoms with Gasteiger partial charge in [-0.15, -0.1) is 0 Å². The van der Waals surface area contributed by atoms with Crippen LogP contribution in [-0.2, 0) is 18.3 Å². The average molecular weight is 395 g/mol. The average Bonchev–Trinajstić information content (AvgIpc) is 3.38. The Morgan fingerprint density at radius 2 is 1.93 bits per heavy atom. The Morgan fingerprint density at radius 1 is 1.17 bits per heavy atom. The van der Waals surface area contributed by atoms with E-state index in [0.29, 0.717) is 36.2 Å². The number of benzene rings is 1. The first-order valence-corrected chi connectivity index (χ1v) is 10.8. The molecule has 154 valence electrons. The quantitative estimate of drug-likeness (QED) is 0.782. The van der Waals surface area contributed by atoms with Gasteiger partial charge in [0.2, 0.25) is 5.91 Å². The maximum atomic E-state index is 13.3. The number of likely N-dealkylation sites (tertiary alicyclic amines) is 1. The van der Waals surface area contributed by atoms with Crippen molar-refractivity contribution in [3.8, 4) is 5.75 Å². The third-order valence-electron chi connectivity index (χ3n) is 7.24. The van der Waals surface area contributed by atoms with Gasteiger partial charge in [0.1, 0.15) is 5.75 Å². The molecule has 4 aliphatic heterocycles. The van der Waals surface area contributed by atoms with E-state index in [1.54, 1.807) is 11.8 Å². The molecule has 0 radical (unpaired) electrons. The zero-order chi connectivity index (χ0) is 20.0. The van der Waals surface area contributed by atoms with Crippen molar-refractivity contribution in [1.29, 1.82) is 0 Å². The maximum Gasteiger partial charge on any atom is 0.223 e. The minimum absolute atomic E-state index is 0.300. The fourth-order valence-electron chi connectivity index (χ4n) is 5.84. The highest BCUT2D eigenvalue weighted by atomic mass is 16.5. The van der Waals surface area contributed by atoms with Gasteiger partial charge in [-0.3, -0.25) is 14.4 Å². The van der Waals surface area contributed by atoms with Crippen LogP contribution in [0.2, 0.25) is 0 Å². The van der Waals surface area contributed by atoms with E-state index in [1.807, 2.05) is 31.6 Å². The molecule has 1 aromatic carbocycles. The van der Waals surface area contributed by atoms with Crippen molar-refractivity contribution >= 4 is 5.91 Å². The molecule has 2 bridgehead atoms. The summed E-state index contributed by atoms with van der Waals surface area (Å²) >= 11 is 0. The van der Waals surface area contributed by atoms with Gasteiger partial charge in [0, 0.05) is 38.2 Å². The lowest BCUT2D eigenvalue weighted by atomic mass is 9.75. The summed E-state index contributed by atoms with van der Waals surface area (Å²) in [5, 5.41) is 4.23. The van der Waals surface area contributed by atoms with Gasteiger partial charge < -0.3 is 9.64 Å². The summed E-state index contributed by atoms with van der Waals surface area (Å²) in [6.45, 7) is 3.19. The van der Waals surface area contributed by atoms with E-state index in [4.69, 9.17) is 4.74 Å². The number of ether oxygens (including phenoxy) is 1. The zero-order valence-electron chi connectivity index (χ0n) is 17.3. The molecule has 4 fully saturated rings. The van der Waals surface area contributed by atoms with Crippen LogP contribution in [-0.4, -0.2) is 64.3 Å². The van der Waals surface area contributed by atoms with E-state index in [9.17, 15) is 4.79 Å². The summed E-state index contributed by atoms with van der Waals surface area (Å²) in [6.07, 6.45) is 7.66.